The number of carbonyl (C=O) groups is 1. The first-order valence-corrected chi connectivity index (χ1v) is 8.23. The maximum absolute atomic E-state index is 12.2. The van der Waals surface area contributed by atoms with Gasteiger partial charge in [-0.3, -0.25) is 4.79 Å². The van der Waals surface area contributed by atoms with Crippen molar-refractivity contribution >= 4 is 39.0 Å². The summed E-state index contributed by atoms with van der Waals surface area (Å²) in [7, 11) is 1.62. The molecule has 7 heteroatoms. The normalized spacial score (nSPS) is 10.2. The van der Waals surface area contributed by atoms with Crippen LogP contribution in [-0.2, 0) is 0 Å². The van der Waals surface area contributed by atoms with Gasteiger partial charge in [-0.2, -0.15) is 0 Å². The van der Waals surface area contributed by atoms with Crippen LogP contribution in [0.3, 0.4) is 0 Å². The van der Waals surface area contributed by atoms with Crippen molar-refractivity contribution in [3.63, 3.8) is 0 Å². The monoisotopic (exact) mass is 398 g/mol. The molecule has 0 bridgehead atoms. The van der Waals surface area contributed by atoms with E-state index in [1.807, 2.05) is 36.4 Å². The summed E-state index contributed by atoms with van der Waals surface area (Å²) in [5.41, 5.74) is 1.78. The molecule has 126 valence electrons. The Bertz CT molecular complexity index is 850. The van der Waals surface area contributed by atoms with Crippen LogP contribution in [0.1, 0.15) is 10.5 Å². The van der Waals surface area contributed by atoms with E-state index in [2.05, 4.69) is 36.5 Å². The molecule has 2 aromatic carbocycles. The van der Waals surface area contributed by atoms with Crippen LogP contribution < -0.4 is 15.4 Å². The Labute approximate surface area is 153 Å². The summed E-state index contributed by atoms with van der Waals surface area (Å²) < 4.78 is 6.06. The molecule has 6 nitrogen and oxygen atoms in total. The van der Waals surface area contributed by atoms with Gasteiger partial charge in [0.05, 0.1) is 19.5 Å². The van der Waals surface area contributed by atoms with Gasteiger partial charge in [0.25, 0.3) is 5.91 Å². The number of nitrogens with zero attached hydrogens (tertiary/aromatic N) is 2. The number of halogens is 1. The average Bonchev–Trinajstić information content (AvgIpc) is 2.65. The first kappa shape index (κ1) is 16.9. The molecule has 3 rings (SSSR count). The summed E-state index contributed by atoms with van der Waals surface area (Å²) in [4.78, 5) is 20.6. The van der Waals surface area contributed by atoms with Gasteiger partial charge in [-0.1, -0.05) is 15.9 Å². The SMILES string of the molecule is COc1ccc(Nc2cnc(C(=O)Nc3ccc(Br)cc3)cn2)cc1. The lowest BCUT2D eigenvalue weighted by Gasteiger charge is -2.07. The number of ether oxygens (including phenoxy) is 1. The van der Waals surface area contributed by atoms with Crippen LogP contribution in [0, 0.1) is 0 Å². The fraction of sp³-hybridized carbons (Fsp3) is 0.0556. The molecule has 25 heavy (non-hydrogen) atoms. The van der Waals surface area contributed by atoms with Gasteiger partial charge in [-0.15, -0.1) is 0 Å². The molecule has 0 fully saturated rings. The van der Waals surface area contributed by atoms with Crippen LogP contribution in [0.4, 0.5) is 17.2 Å². The summed E-state index contributed by atoms with van der Waals surface area (Å²) in [5.74, 6) is 1.01. The molecule has 1 aromatic heterocycles. The van der Waals surface area contributed by atoms with Gasteiger partial charge >= 0.3 is 0 Å². The van der Waals surface area contributed by atoms with Crippen molar-refractivity contribution in [3.8, 4) is 5.75 Å². The van der Waals surface area contributed by atoms with Crippen LogP contribution in [0.2, 0.25) is 0 Å². The van der Waals surface area contributed by atoms with Crippen LogP contribution >= 0.6 is 15.9 Å². The van der Waals surface area contributed by atoms with Crippen molar-refractivity contribution < 1.29 is 9.53 Å². The predicted molar refractivity (Wildman–Crippen MR) is 100 cm³/mol. The van der Waals surface area contributed by atoms with Crippen molar-refractivity contribution in [2.75, 3.05) is 17.7 Å². The van der Waals surface area contributed by atoms with E-state index in [1.54, 1.807) is 19.2 Å². The van der Waals surface area contributed by atoms with E-state index in [4.69, 9.17) is 4.74 Å². The van der Waals surface area contributed by atoms with Gasteiger partial charge in [-0.25, -0.2) is 9.97 Å². The molecule has 0 unspecified atom stereocenters. The van der Waals surface area contributed by atoms with E-state index in [-0.39, 0.29) is 11.6 Å². The summed E-state index contributed by atoms with van der Waals surface area (Å²) in [6.45, 7) is 0. The van der Waals surface area contributed by atoms with Crippen molar-refractivity contribution in [2.45, 2.75) is 0 Å². The van der Waals surface area contributed by atoms with Gasteiger partial charge < -0.3 is 15.4 Å². The Balaban J connectivity index is 1.64. The first-order chi connectivity index (χ1) is 12.1. The number of hydrogen-bond acceptors (Lipinski definition) is 5. The number of nitrogens with one attached hydrogen (secondary N) is 2. The third-order valence-electron chi connectivity index (χ3n) is 3.35. The van der Waals surface area contributed by atoms with E-state index in [0.717, 1.165) is 15.9 Å². The second-order valence-electron chi connectivity index (χ2n) is 5.10. The predicted octanol–water partition coefficient (Wildman–Crippen LogP) is 4.24. The zero-order valence-corrected chi connectivity index (χ0v) is 14.9. The molecule has 0 atom stereocenters. The topological polar surface area (TPSA) is 76.1 Å². The number of rotatable bonds is 5. The quantitative estimate of drug-likeness (QED) is 0.671. The highest BCUT2D eigenvalue weighted by atomic mass is 79.9. The third kappa shape index (κ3) is 4.54. The molecule has 0 aliphatic rings. The molecule has 0 spiro atoms. The lowest BCUT2D eigenvalue weighted by molar-refractivity contribution is 0.102. The number of aromatic nitrogens is 2. The van der Waals surface area contributed by atoms with Gasteiger partial charge in [-0.05, 0) is 48.5 Å². The van der Waals surface area contributed by atoms with Gasteiger partial charge in [0, 0.05) is 15.8 Å². The standard InChI is InChI=1S/C18H15BrN4O2/c1-25-15-8-6-13(7-9-15)22-17-11-20-16(10-21-17)18(24)23-14-4-2-12(19)3-5-14/h2-11H,1H3,(H,21,22)(H,23,24). The molecule has 1 heterocycles. The number of anilines is 3. The van der Waals surface area contributed by atoms with Crippen LogP contribution in [0.15, 0.2) is 65.4 Å². The number of methoxy groups -OCH3 is 1. The van der Waals surface area contributed by atoms with Crippen molar-refractivity contribution in [3.05, 3.63) is 71.1 Å². The van der Waals surface area contributed by atoms with Crippen LogP contribution in [0.5, 0.6) is 5.75 Å². The fourth-order valence-corrected chi connectivity index (χ4v) is 2.32. The maximum Gasteiger partial charge on any atom is 0.275 e. The second kappa shape index (κ2) is 7.76. The molecular weight excluding hydrogens is 384 g/mol. The molecule has 0 radical (unpaired) electrons. The van der Waals surface area contributed by atoms with E-state index in [1.165, 1.54) is 12.4 Å². The minimum atomic E-state index is -0.314. The molecular formula is C18H15BrN4O2. The average molecular weight is 399 g/mol. The summed E-state index contributed by atoms with van der Waals surface area (Å²) in [6.07, 6.45) is 2.95. The smallest absolute Gasteiger partial charge is 0.275 e. The first-order valence-electron chi connectivity index (χ1n) is 7.44. The summed E-state index contributed by atoms with van der Waals surface area (Å²) in [6, 6.07) is 14.7. The Kier molecular flexibility index (Phi) is 5.25. The Morgan fingerprint density at radius 3 is 2.24 bits per heavy atom. The van der Waals surface area contributed by atoms with Crippen molar-refractivity contribution in [1.82, 2.24) is 9.97 Å². The zero-order valence-electron chi connectivity index (χ0n) is 13.4. The molecule has 1 amide bonds. The third-order valence-corrected chi connectivity index (χ3v) is 3.88. The van der Waals surface area contributed by atoms with Crippen molar-refractivity contribution in [1.29, 1.82) is 0 Å². The van der Waals surface area contributed by atoms with Crippen molar-refractivity contribution in [2.24, 2.45) is 0 Å². The highest BCUT2D eigenvalue weighted by Crippen LogP contribution is 2.18. The van der Waals surface area contributed by atoms with E-state index < -0.39 is 0 Å². The minimum Gasteiger partial charge on any atom is -0.497 e. The van der Waals surface area contributed by atoms with E-state index >= 15 is 0 Å². The van der Waals surface area contributed by atoms with E-state index in [0.29, 0.717) is 11.5 Å². The van der Waals surface area contributed by atoms with Crippen LogP contribution in [-0.4, -0.2) is 23.0 Å². The van der Waals surface area contributed by atoms with Crippen LogP contribution in [0.25, 0.3) is 0 Å². The number of benzene rings is 2. The highest BCUT2D eigenvalue weighted by Gasteiger charge is 2.08. The zero-order chi connectivity index (χ0) is 17.6. The minimum absolute atomic E-state index is 0.239. The Hall–Kier alpha value is -2.93. The molecule has 0 saturated carbocycles. The van der Waals surface area contributed by atoms with Gasteiger partial charge in [0.1, 0.15) is 17.3 Å². The molecule has 2 N–H and O–H groups in total. The number of carbonyl (C=O) groups excluding carboxylic acids is 1. The van der Waals surface area contributed by atoms with Gasteiger partial charge in [0.2, 0.25) is 0 Å². The number of hydrogen-bond donors (Lipinski definition) is 2. The molecule has 0 aliphatic carbocycles. The lowest BCUT2D eigenvalue weighted by atomic mass is 10.3. The fourth-order valence-electron chi connectivity index (χ4n) is 2.06. The number of amides is 1. The van der Waals surface area contributed by atoms with Gasteiger partial charge in [0.15, 0.2) is 0 Å². The summed E-state index contributed by atoms with van der Waals surface area (Å²) >= 11 is 3.35. The highest BCUT2D eigenvalue weighted by molar-refractivity contribution is 9.10. The molecule has 0 saturated heterocycles. The Morgan fingerprint density at radius 2 is 1.64 bits per heavy atom. The second-order valence-corrected chi connectivity index (χ2v) is 6.02. The maximum atomic E-state index is 12.2. The van der Waals surface area contributed by atoms with E-state index in [9.17, 15) is 4.79 Å². The Morgan fingerprint density at radius 1 is 0.960 bits per heavy atom. The molecule has 3 aromatic rings. The lowest BCUT2D eigenvalue weighted by Crippen LogP contribution is -2.14. The largest absolute Gasteiger partial charge is 0.497 e. The molecule has 0 aliphatic heterocycles. The summed E-state index contributed by atoms with van der Waals surface area (Å²) in [5, 5.41) is 5.88.